The van der Waals surface area contributed by atoms with Crippen LogP contribution in [0, 0.1) is 11.3 Å². The van der Waals surface area contributed by atoms with Crippen LogP contribution in [0.25, 0.3) is 0 Å². The van der Waals surface area contributed by atoms with Crippen LogP contribution >= 0.6 is 0 Å². The first-order valence-electron chi connectivity index (χ1n) is 11.6. The number of hydrogen-bond donors (Lipinski definition) is 1. The maximum absolute atomic E-state index is 12.4. The normalized spacial score (nSPS) is 13.4. The molecule has 0 aliphatic heterocycles. The van der Waals surface area contributed by atoms with Gasteiger partial charge in [-0.1, -0.05) is 19.1 Å². The number of carboxylic acid groups (broad SMARTS) is 1. The van der Waals surface area contributed by atoms with Gasteiger partial charge in [-0.25, -0.2) is 0 Å². The van der Waals surface area contributed by atoms with E-state index in [-0.39, 0.29) is 12.5 Å². The Balaban J connectivity index is 2.16. The number of nitrogens with zero attached hydrogens (tertiary/aromatic N) is 2. The Bertz CT molecular complexity index is 1030. The molecule has 0 aliphatic carbocycles. The van der Waals surface area contributed by atoms with Crippen molar-refractivity contribution >= 4 is 5.97 Å². The second kappa shape index (κ2) is 12.9. The van der Waals surface area contributed by atoms with Crippen LogP contribution in [-0.4, -0.2) is 64.0 Å². The Labute approximate surface area is 208 Å². The predicted molar refractivity (Wildman–Crippen MR) is 134 cm³/mol. The van der Waals surface area contributed by atoms with E-state index in [2.05, 4.69) is 17.9 Å². The smallest absolute Gasteiger partial charge is 0.328 e. The summed E-state index contributed by atoms with van der Waals surface area (Å²) in [5, 5.41) is 20.1. The number of ether oxygens (including phenoxy) is 4. The standard InChI is InChI=1S/C27H36N2O6/c1-7-21(29(2)15-13-19-8-10-22(32-3)24(16-19)34-5)12-14-27(18-28,26(30)31)20-9-11-23(33-4)25(17-20)35-6/h8-11,16-17,21H,7,12-15H2,1-6H3,(H,30,31). The molecule has 0 amide bonds. The van der Waals surface area contributed by atoms with Crippen LogP contribution in [0.4, 0.5) is 0 Å². The van der Waals surface area contributed by atoms with E-state index >= 15 is 0 Å². The summed E-state index contributed by atoms with van der Waals surface area (Å²) >= 11 is 0. The second-order valence-electron chi connectivity index (χ2n) is 8.41. The molecule has 0 spiro atoms. The molecule has 0 radical (unpaired) electrons. The van der Waals surface area contributed by atoms with Gasteiger partial charge in [0.25, 0.3) is 0 Å². The zero-order chi connectivity index (χ0) is 26.0. The van der Waals surface area contributed by atoms with Gasteiger partial charge in [0.05, 0.1) is 34.5 Å². The van der Waals surface area contributed by atoms with Gasteiger partial charge in [-0.05, 0) is 68.1 Å². The average Bonchev–Trinajstić information content (AvgIpc) is 2.89. The van der Waals surface area contributed by atoms with Crippen LogP contribution in [-0.2, 0) is 16.6 Å². The zero-order valence-corrected chi connectivity index (χ0v) is 21.5. The summed E-state index contributed by atoms with van der Waals surface area (Å²) in [6, 6.07) is 12.9. The number of rotatable bonds is 14. The SMILES string of the molecule is CCC(CCC(C#N)(C(=O)O)c1ccc(OC)c(OC)c1)N(C)CCc1ccc(OC)c(OC)c1. The van der Waals surface area contributed by atoms with Crippen LogP contribution in [0.1, 0.15) is 37.3 Å². The van der Waals surface area contributed by atoms with Gasteiger partial charge >= 0.3 is 5.97 Å². The van der Waals surface area contributed by atoms with Crippen LogP contribution in [0.5, 0.6) is 23.0 Å². The lowest BCUT2D eigenvalue weighted by Crippen LogP contribution is -2.38. The molecule has 2 aromatic rings. The van der Waals surface area contributed by atoms with E-state index < -0.39 is 11.4 Å². The van der Waals surface area contributed by atoms with Crippen LogP contribution in [0.2, 0.25) is 0 Å². The highest BCUT2D eigenvalue weighted by molar-refractivity contribution is 5.85. The average molecular weight is 485 g/mol. The maximum Gasteiger partial charge on any atom is 0.328 e. The molecule has 2 unspecified atom stereocenters. The molecule has 8 heteroatoms. The molecule has 1 N–H and O–H groups in total. The van der Waals surface area contributed by atoms with Gasteiger partial charge in [-0.15, -0.1) is 0 Å². The Morgan fingerprint density at radius 2 is 1.57 bits per heavy atom. The number of methoxy groups -OCH3 is 4. The Hall–Kier alpha value is -3.44. The van der Waals surface area contributed by atoms with Gasteiger partial charge in [-0.2, -0.15) is 5.26 Å². The van der Waals surface area contributed by atoms with Crippen molar-refractivity contribution in [3.63, 3.8) is 0 Å². The molecule has 0 aromatic heterocycles. The van der Waals surface area contributed by atoms with Crippen LogP contribution in [0.15, 0.2) is 36.4 Å². The van der Waals surface area contributed by atoms with Gasteiger partial charge in [0.1, 0.15) is 0 Å². The van der Waals surface area contributed by atoms with Crippen molar-refractivity contribution in [2.24, 2.45) is 0 Å². The molecule has 2 rings (SSSR count). The lowest BCUT2D eigenvalue weighted by molar-refractivity contribution is -0.142. The summed E-state index contributed by atoms with van der Waals surface area (Å²) in [5.74, 6) is 1.08. The number of benzene rings is 2. The number of likely N-dealkylation sites (N-methyl/N-ethyl adjacent to an activating group) is 1. The summed E-state index contributed by atoms with van der Waals surface area (Å²) in [7, 11) is 8.24. The van der Waals surface area contributed by atoms with Crippen molar-refractivity contribution in [2.45, 2.75) is 44.1 Å². The molecular weight excluding hydrogens is 448 g/mol. The van der Waals surface area contributed by atoms with E-state index in [4.69, 9.17) is 18.9 Å². The Morgan fingerprint density at radius 3 is 2.09 bits per heavy atom. The van der Waals surface area contributed by atoms with Crippen molar-refractivity contribution in [3.05, 3.63) is 47.5 Å². The molecule has 0 bridgehead atoms. The minimum atomic E-state index is -1.68. The van der Waals surface area contributed by atoms with Gasteiger partial charge in [0, 0.05) is 12.6 Å². The maximum atomic E-state index is 12.4. The largest absolute Gasteiger partial charge is 0.493 e. The topological polar surface area (TPSA) is 101 Å². The molecular formula is C27H36N2O6. The molecule has 0 heterocycles. The third kappa shape index (κ3) is 6.37. The fraction of sp³-hybridized carbons (Fsp3) is 0.481. The number of carboxylic acids is 1. The lowest BCUT2D eigenvalue weighted by Gasteiger charge is -2.30. The Kier molecular flexibility index (Phi) is 10.2. The molecule has 0 fully saturated rings. The predicted octanol–water partition coefficient (Wildman–Crippen LogP) is 4.30. The van der Waals surface area contributed by atoms with Crippen molar-refractivity contribution in [3.8, 4) is 29.1 Å². The highest BCUT2D eigenvalue weighted by atomic mass is 16.5. The first-order chi connectivity index (χ1) is 16.8. The molecule has 8 nitrogen and oxygen atoms in total. The number of aliphatic carboxylic acids is 1. The first kappa shape index (κ1) is 27.8. The van der Waals surface area contributed by atoms with Crippen molar-refractivity contribution in [2.75, 3.05) is 42.0 Å². The van der Waals surface area contributed by atoms with E-state index in [0.29, 0.717) is 35.0 Å². The fourth-order valence-corrected chi connectivity index (χ4v) is 4.29. The minimum absolute atomic E-state index is 0.113. The van der Waals surface area contributed by atoms with Gasteiger partial charge in [-0.3, -0.25) is 4.79 Å². The number of hydrogen-bond acceptors (Lipinski definition) is 7. The van der Waals surface area contributed by atoms with Crippen LogP contribution < -0.4 is 18.9 Å². The lowest BCUT2D eigenvalue weighted by atomic mass is 9.76. The van der Waals surface area contributed by atoms with Crippen molar-refractivity contribution < 1.29 is 28.8 Å². The fourth-order valence-electron chi connectivity index (χ4n) is 4.29. The van der Waals surface area contributed by atoms with E-state index in [1.807, 2.05) is 25.2 Å². The van der Waals surface area contributed by atoms with E-state index in [1.54, 1.807) is 32.4 Å². The molecule has 0 saturated heterocycles. The van der Waals surface area contributed by atoms with Crippen LogP contribution in [0.3, 0.4) is 0 Å². The zero-order valence-electron chi connectivity index (χ0n) is 21.5. The van der Waals surface area contributed by atoms with Crippen molar-refractivity contribution in [1.82, 2.24) is 4.90 Å². The van der Waals surface area contributed by atoms with E-state index in [9.17, 15) is 15.2 Å². The molecule has 190 valence electrons. The summed E-state index contributed by atoms with van der Waals surface area (Å²) < 4.78 is 21.3. The first-order valence-corrected chi connectivity index (χ1v) is 11.6. The third-order valence-corrected chi connectivity index (χ3v) is 6.58. The summed E-state index contributed by atoms with van der Waals surface area (Å²) in [6.07, 6.45) is 2.35. The third-order valence-electron chi connectivity index (χ3n) is 6.58. The van der Waals surface area contributed by atoms with E-state index in [0.717, 1.165) is 24.9 Å². The molecule has 0 saturated carbocycles. The molecule has 2 aromatic carbocycles. The highest BCUT2D eigenvalue weighted by Gasteiger charge is 2.42. The second-order valence-corrected chi connectivity index (χ2v) is 8.41. The molecule has 35 heavy (non-hydrogen) atoms. The monoisotopic (exact) mass is 484 g/mol. The van der Waals surface area contributed by atoms with E-state index in [1.165, 1.54) is 14.2 Å². The van der Waals surface area contributed by atoms with Crippen molar-refractivity contribution in [1.29, 1.82) is 5.26 Å². The number of nitriles is 1. The van der Waals surface area contributed by atoms with Gasteiger partial charge in [0.2, 0.25) is 0 Å². The highest BCUT2D eigenvalue weighted by Crippen LogP contribution is 2.37. The quantitative estimate of drug-likeness (QED) is 0.424. The Morgan fingerprint density at radius 1 is 1.00 bits per heavy atom. The van der Waals surface area contributed by atoms with Gasteiger partial charge < -0.3 is 29.0 Å². The minimum Gasteiger partial charge on any atom is -0.493 e. The summed E-state index contributed by atoms with van der Waals surface area (Å²) in [5.41, 5.74) is -0.184. The van der Waals surface area contributed by atoms with Gasteiger partial charge in [0.15, 0.2) is 28.4 Å². The molecule has 0 aliphatic rings. The number of carbonyl (C=O) groups is 1. The molecule has 2 atom stereocenters. The summed E-state index contributed by atoms with van der Waals surface area (Å²) in [4.78, 5) is 14.6. The summed E-state index contributed by atoms with van der Waals surface area (Å²) in [6.45, 7) is 2.85.